The highest BCUT2D eigenvalue weighted by molar-refractivity contribution is 5.82. The first-order chi connectivity index (χ1) is 14.2. The van der Waals surface area contributed by atoms with Crippen molar-refractivity contribution in [2.75, 3.05) is 31.1 Å². The topological polar surface area (TPSA) is 123 Å². The van der Waals surface area contributed by atoms with Gasteiger partial charge in [-0.15, -0.1) is 0 Å². The van der Waals surface area contributed by atoms with Gasteiger partial charge in [0.05, 0.1) is 5.52 Å². The van der Waals surface area contributed by atoms with E-state index < -0.39 is 24.3 Å². The van der Waals surface area contributed by atoms with Crippen LogP contribution < -0.4 is 15.8 Å². The number of H-pyrrole nitrogens is 1. The monoisotopic (exact) mass is 457 g/mol. The fraction of sp³-hybridized carbons (Fsp3) is 0.353. The molecular formula is C17H17F6N3O5. The number of alkyl halides is 6. The van der Waals surface area contributed by atoms with Gasteiger partial charge in [-0.2, -0.15) is 26.3 Å². The molecule has 1 aromatic carbocycles. The first kappa shape index (κ1) is 25.7. The van der Waals surface area contributed by atoms with Gasteiger partial charge in [-0.05, 0) is 23.6 Å². The number of carbonyl (C=O) groups is 2. The van der Waals surface area contributed by atoms with Crippen LogP contribution in [-0.4, -0.2) is 65.7 Å². The molecule has 0 aliphatic carbocycles. The van der Waals surface area contributed by atoms with E-state index in [-0.39, 0.29) is 5.56 Å². The van der Waals surface area contributed by atoms with Crippen molar-refractivity contribution in [1.82, 2.24) is 10.3 Å². The number of piperazine rings is 1. The number of hydrogen-bond donors (Lipinski definition) is 4. The van der Waals surface area contributed by atoms with Crippen LogP contribution in [0.5, 0.6) is 0 Å². The SMILES string of the molecule is O=C(O)C(F)(F)F.O=C(O)C(F)(F)F.O=c1ccc2ccc(N3CCNCC3)cc2[nH]1. The summed E-state index contributed by atoms with van der Waals surface area (Å²) in [6.07, 6.45) is -10.2. The number of aromatic amines is 1. The fourth-order valence-corrected chi connectivity index (χ4v) is 2.26. The van der Waals surface area contributed by atoms with Crippen LogP contribution >= 0.6 is 0 Å². The molecular weight excluding hydrogens is 440 g/mol. The molecule has 1 aromatic heterocycles. The van der Waals surface area contributed by atoms with Crippen LogP contribution in [0, 0.1) is 0 Å². The number of carboxylic acid groups (broad SMARTS) is 2. The molecule has 1 aliphatic heterocycles. The first-order valence-corrected chi connectivity index (χ1v) is 8.41. The normalized spacial score (nSPS) is 14.1. The maximum atomic E-state index is 11.3. The Bertz CT molecular complexity index is 928. The van der Waals surface area contributed by atoms with Crippen molar-refractivity contribution < 1.29 is 46.1 Å². The predicted octanol–water partition coefficient (Wildman–Crippen LogP) is 2.20. The maximum absolute atomic E-state index is 11.3. The Morgan fingerprint density at radius 2 is 1.32 bits per heavy atom. The van der Waals surface area contributed by atoms with Gasteiger partial charge in [-0.1, -0.05) is 6.07 Å². The Hall–Kier alpha value is -3.29. The summed E-state index contributed by atoms with van der Waals surface area (Å²) < 4.78 is 63.5. The molecule has 1 saturated heterocycles. The molecule has 0 bridgehead atoms. The van der Waals surface area contributed by atoms with Gasteiger partial charge >= 0.3 is 24.3 Å². The lowest BCUT2D eigenvalue weighted by molar-refractivity contribution is -0.193. The number of carboxylic acids is 2. The molecule has 8 nitrogen and oxygen atoms in total. The lowest BCUT2D eigenvalue weighted by Crippen LogP contribution is -2.43. The second-order valence-electron chi connectivity index (χ2n) is 5.94. The highest BCUT2D eigenvalue weighted by Gasteiger charge is 2.38. The third-order valence-electron chi connectivity index (χ3n) is 3.68. The number of rotatable bonds is 1. The maximum Gasteiger partial charge on any atom is 0.490 e. The van der Waals surface area contributed by atoms with E-state index in [4.69, 9.17) is 19.8 Å². The van der Waals surface area contributed by atoms with E-state index in [9.17, 15) is 31.1 Å². The van der Waals surface area contributed by atoms with Crippen molar-refractivity contribution in [1.29, 1.82) is 0 Å². The number of aliphatic carboxylic acids is 2. The summed E-state index contributed by atoms with van der Waals surface area (Å²) in [7, 11) is 0. The minimum Gasteiger partial charge on any atom is -0.475 e. The van der Waals surface area contributed by atoms with E-state index in [1.54, 1.807) is 6.07 Å². The third-order valence-corrected chi connectivity index (χ3v) is 3.68. The van der Waals surface area contributed by atoms with Crippen molar-refractivity contribution in [3.63, 3.8) is 0 Å². The molecule has 172 valence electrons. The van der Waals surface area contributed by atoms with E-state index in [0.717, 1.165) is 37.1 Å². The summed E-state index contributed by atoms with van der Waals surface area (Å²) >= 11 is 0. The molecule has 4 N–H and O–H groups in total. The lowest BCUT2D eigenvalue weighted by atomic mass is 10.2. The van der Waals surface area contributed by atoms with Crippen molar-refractivity contribution in [2.45, 2.75) is 12.4 Å². The quantitative estimate of drug-likeness (QED) is 0.485. The fourth-order valence-electron chi connectivity index (χ4n) is 2.26. The van der Waals surface area contributed by atoms with Crippen molar-refractivity contribution in [3.05, 3.63) is 40.7 Å². The van der Waals surface area contributed by atoms with Gasteiger partial charge in [0.25, 0.3) is 0 Å². The van der Waals surface area contributed by atoms with Crippen LogP contribution in [0.15, 0.2) is 35.1 Å². The highest BCUT2D eigenvalue weighted by Crippen LogP contribution is 2.20. The average molecular weight is 457 g/mol. The number of nitrogens with one attached hydrogen (secondary N) is 2. The minimum absolute atomic E-state index is 0.0463. The third kappa shape index (κ3) is 8.94. The Morgan fingerprint density at radius 3 is 1.77 bits per heavy atom. The molecule has 14 heteroatoms. The first-order valence-electron chi connectivity index (χ1n) is 8.41. The number of halogens is 6. The molecule has 1 aliphatic rings. The van der Waals surface area contributed by atoms with E-state index in [2.05, 4.69) is 33.4 Å². The zero-order chi connectivity index (χ0) is 23.8. The van der Waals surface area contributed by atoms with E-state index in [0.29, 0.717) is 0 Å². The number of hydrogen-bond acceptors (Lipinski definition) is 5. The Labute approximate surface area is 170 Å². The van der Waals surface area contributed by atoms with Crippen LogP contribution in [0.25, 0.3) is 10.9 Å². The summed E-state index contributed by atoms with van der Waals surface area (Å²) in [5.74, 6) is -5.51. The Kier molecular flexibility index (Phi) is 8.85. The second-order valence-corrected chi connectivity index (χ2v) is 5.94. The van der Waals surface area contributed by atoms with Crippen LogP contribution in [0.3, 0.4) is 0 Å². The molecule has 0 spiro atoms. The number of benzene rings is 1. The van der Waals surface area contributed by atoms with Crippen LogP contribution in [0.2, 0.25) is 0 Å². The van der Waals surface area contributed by atoms with E-state index in [1.165, 1.54) is 5.69 Å². The largest absolute Gasteiger partial charge is 0.490 e. The smallest absolute Gasteiger partial charge is 0.475 e. The minimum atomic E-state index is -5.08. The molecule has 0 radical (unpaired) electrons. The summed E-state index contributed by atoms with van der Waals surface area (Å²) in [5.41, 5.74) is 2.05. The van der Waals surface area contributed by atoms with E-state index in [1.807, 2.05) is 6.07 Å². The predicted molar refractivity (Wildman–Crippen MR) is 97.0 cm³/mol. The van der Waals surface area contributed by atoms with Gasteiger partial charge in [-0.3, -0.25) is 4.79 Å². The van der Waals surface area contributed by atoms with E-state index >= 15 is 0 Å². The molecule has 0 saturated carbocycles. The number of nitrogens with zero attached hydrogens (tertiary/aromatic N) is 1. The molecule has 3 rings (SSSR count). The number of aromatic nitrogens is 1. The molecule has 2 heterocycles. The van der Waals surface area contributed by atoms with Crippen molar-refractivity contribution in [2.24, 2.45) is 0 Å². The number of fused-ring (bicyclic) bond motifs is 1. The van der Waals surface area contributed by atoms with Crippen molar-refractivity contribution in [3.8, 4) is 0 Å². The van der Waals surface area contributed by atoms with Gasteiger partial charge in [-0.25, -0.2) is 9.59 Å². The molecule has 0 atom stereocenters. The highest BCUT2D eigenvalue weighted by atomic mass is 19.4. The zero-order valence-electron chi connectivity index (χ0n) is 15.5. The van der Waals surface area contributed by atoms with Gasteiger partial charge in [0, 0.05) is 37.9 Å². The Morgan fingerprint density at radius 1 is 0.871 bits per heavy atom. The average Bonchev–Trinajstić information content (AvgIpc) is 2.67. The molecule has 0 unspecified atom stereocenters. The molecule has 2 aromatic rings. The second kappa shape index (κ2) is 10.7. The summed E-state index contributed by atoms with van der Waals surface area (Å²) in [5, 5.41) is 18.7. The standard InChI is InChI=1S/C13H15N3O.2C2HF3O2/c17-13-4-2-10-1-3-11(9-12(10)15-13)16-7-5-14-6-8-16;2*3-2(4,5)1(6)7/h1-4,9,14H,5-8H2,(H,15,17);2*(H,6,7). The van der Waals surface area contributed by atoms with Gasteiger partial charge in [0.2, 0.25) is 5.56 Å². The van der Waals surface area contributed by atoms with Crippen LogP contribution in [-0.2, 0) is 9.59 Å². The number of anilines is 1. The molecule has 31 heavy (non-hydrogen) atoms. The van der Waals surface area contributed by atoms with Gasteiger partial charge < -0.3 is 25.4 Å². The van der Waals surface area contributed by atoms with Gasteiger partial charge in [0.1, 0.15) is 0 Å². The van der Waals surface area contributed by atoms with Gasteiger partial charge in [0.15, 0.2) is 0 Å². The van der Waals surface area contributed by atoms with Crippen molar-refractivity contribution >= 4 is 28.5 Å². The van der Waals surface area contributed by atoms with Crippen LogP contribution in [0.4, 0.5) is 32.0 Å². The zero-order valence-corrected chi connectivity index (χ0v) is 15.5. The Balaban J connectivity index is 0.000000288. The lowest BCUT2D eigenvalue weighted by Gasteiger charge is -2.29. The molecule has 0 amide bonds. The summed E-state index contributed by atoms with van der Waals surface area (Å²) in [6, 6.07) is 9.65. The summed E-state index contributed by atoms with van der Waals surface area (Å²) in [6.45, 7) is 4.07. The summed E-state index contributed by atoms with van der Waals surface area (Å²) in [4.78, 5) is 34.3. The van der Waals surface area contributed by atoms with Crippen LogP contribution in [0.1, 0.15) is 0 Å². The molecule has 1 fully saturated rings. The number of pyridine rings is 1.